The van der Waals surface area contributed by atoms with Crippen LogP contribution in [0.2, 0.25) is 0 Å². The lowest BCUT2D eigenvalue weighted by Gasteiger charge is -2.28. The average Bonchev–Trinajstić information content (AvgIpc) is 2.78. The maximum atomic E-state index is 5.88. The second-order valence-electron chi connectivity index (χ2n) is 7.31. The maximum Gasteiger partial charge on any atom is 0.122 e. The Morgan fingerprint density at radius 2 is 1.52 bits per heavy atom. The first-order chi connectivity index (χ1) is 14.3. The van der Waals surface area contributed by atoms with Gasteiger partial charge in [0, 0.05) is 22.9 Å². The fraction of sp³-hybridized carbons (Fsp3) is 0.280. The molecule has 0 aromatic heterocycles. The van der Waals surface area contributed by atoms with Crippen molar-refractivity contribution in [2.45, 2.75) is 31.9 Å². The molecule has 0 amide bonds. The lowest BCUT2D eigenvalue weighted by Crippen LogP contribution is -2.28. The van der Waals surface area contributed by atoms with Crippen LogP contribution in [-0.2, 0) is 19.4 Å². The van der Waals surface area contributed by atoms with Crippen LogP contribution in [0.25, 0.3) is 0 Å². The van der Waals surface area contributed by atoms with Gasteiger partial charge in [0.2, 0.25) is 0 Å². The van der Waals surface area contributed by atoms with Crippen LogP contribution in [-0.4, -0.2) is 20.3 Å². The number of hydrogen-bond donors (Lipinski definition) is 1. The normalized spacial score (nSPS) is 15.3. The minimum atomic E-state index is 0.361. The molecule has 1 atom stereocenters. The largest absolute Gasteiger partial charge is 0.496 e. The van der Waals surface area contributed by atoms with Crippen molar-refractivity contribution in [3.63, 3.8) is 0 Å². The van der Waals surface area contributed by atoms with E-state index in [1.54, 1.807) is 14.2 Å². The van der Waals surface area contributed by atoms with Gasteiger partial charge in [0.15, 0.2) is 0 Å². The smallest absolute Gasteiger partial charge is 0.122 e. The van der Waals surface area contributed by atoms with Gasteiger partial charge in [0.25, 0.3) is 0 Å². The number of nitrogens with one attached hydrogen (secondary N) is 1. The molecular formula is C25H27NO3. The van der Waals surface area contributed by atoms with E-state index in [-0.39, 0.29) is 0 Å². The third-order valence-corrected chi connectivity index (χ3v) is 5.45. The summed E-state index contributed by atoms with van der Waals surface area (Å²) in [5.41, 5.74) is 4.79. The Kier molecular flexibility index (Phi) is 5.89. The van der Waals surface area contributed by atoms with E-state index < -0.39 is 0 Å². The molecule has 0 heterocycles. The summed E-state index contributed by atoms with van der Waals surface area (Å²) < 4.78 is 17.0. The van der Waals surface area contributed by atoms with Gasteiger partial charge in [-0.1, -0.05) is 30.3 Å². The third-order valence-electron chi connectivity index (χ3n) is 5.45. The molecule has 0 spiro atoms. The predicted molar refractivity (Wildman–Crippen MR) is 116 cm³/mol. The highest BCUT2D eigenvalue weighted by molar-refractivity contribution is 5.53. The zero-order valence-electron chi connectivity index (χ0n) is 17.0. The van der Waals surface area contributed by atoms with Crippen molar-refractivity contribution in [1.29, 1.82) is 0 Å². The van der Waals surface area contributed by atoms with E-state index in [0.717, 1.165) is 42.2 Å². The Labute approximate surface area is 172 Å². The summed E-state index contributed by atoms with van der Waals surface area (Å²) in [6.45, 7) is 0.578. The maximum absolute atomic E-state index is 5.88. The summed E-state index contributed by atoms with van der Waals surface area (Å²) >= 11 is 0. The summed E-state index contributed by atoms with van der Waals surface area (Å²) in [6, 6.07) is 22.8. The van der Waals surface area contributed by atoms with Gasteiger partial charge in [-0.05, 0) is 61.2 Å². The van der Waals surface area contributed by atoms with Gasteiger partial charge in [-0.25, -0.2) is 0 Å². The zero-order chi connectivity index (χ0) is 20.1. The van der Waals surface area contributed by atoms with E-state index >= 15 is 0 Å². The van der Waals surface area contributed by atoms with Crippen LogP contribution in [0, 0.1) is 0 Å². The molecule has 4 nitrogen and oxygen atoms in total. The van der Waals surface area contributed by atoms with E-state index in [2.05, 4.69) is 29.6 Å². The molecule has 1 aliphatic carbocycles. The highest BCUT2D eigenvalue weighted by Crippen LogP contribution is 2.36. The molecule has 0 fully saturated rings. The van der Waals surface area contributed by atoms with E-state index in [4.69, 9.17) is 14.2 Å². The van der Waals surface area contributed by atoms with Gasteiger partial charge < -0.3 is 19.5 Å². The van der Waals surface area contributed by atoms with E-state index in [0.29, 0.717) is 12.6 Å². The number of benzene rings is 3. The van der Waals surface area contributed by atoms with Crippen molar-refractivity contribution in [1.82, 2.24) is 0 Å². The van der Waals surface area contributed by atoms with Crippen molar-refractivity contribution in [3.8, 4) is 17.2 Å². The molecular weight excluding hydrogens is 362 g/mol. The fourth-order valence-electron chi connectivity index (χ4n) is 3.94. The Hall–Kier alpha value is -3.14. The summed E-state index contributed by atoms with van der Waals surface area (Å²) in [5, 5.41) is 3.66. The first-order valence-corrected chi connectivity index (χ1v) is 10.0. The lowest BCUT2D eigenvalue weighted by molar-refractivity contribution is 0.306. The third kappa shape index (κ3) is 4.48. The van der Waals surface area contributed by atoms with Gasteiger partial charge in [0.05, 0.1) is 14.2 Å². The van der Waals surface area contributed by atoms with Crippen molar-refractivity contribution >= 4 is 5.69 Å². The minimum absolute atomic E-state index is 0.361. The summed E-state index contributed by atoms with van der Waals surface area (Å²) in [6.07, 6.45) is 2.95. The molecule has 0 radical (unpaired) electrons. The molecule has 1 aliphatic rings. The van der Waals surface area contributed by atoms with Crippen LogP contribution in [0.15, 0.2) is 66.7 Å². The highest BCUT2D eigenvalue weighted by Gasteiger charge is 2.24. The molecule has 0 unspecified atom stereocenters. The number of hydrogen-bond acceptors (Lipinski definition) is 4. The molecule has 0 saturated carbocycles. The molecule has 0 bridgehead atoms. The van der Waals surface area contributed by atoms with Gasteiger partial charge >= 0.3 is 0 Å². The monoisotopic (exact) mass is 389 g/mol. The molecule has 150 valence electrons. The van der Waals surface area contributed by atoms with Crippen LogP contribution in [0.5, 0.6) is 17.2 Å². The van der Waals surface area contributed by atoms with Crippen molar-refractivity contribution < 1.29 is 14.2 Å². The van der Waals surface area contributed by atoms with Gasteiger partial charge in [0.1, 0.15) is 23.9 Å². The van der Waals surface area contributed by atoms with Gasteiger partial charge in [-0.2, -0.15) is 0 Å². The number of anilines is 1. The topological polar surface area (TPSA) is 39.7 Å². The first kappa shape index (κ1) is 19.2. The van der Waals surface area contributed by atoms with Crippen LogP contribution in [0.3, 0.4) is 0 Å². The predicted octanol–water partition coefficient (Wildman–Crippen LogP) is 5.25. The Balaban J connectivity index is 1.39. The van der Waals surface area contributed by atoms with E-state index in [1.165, 1.54) is 16.7 Å². The van der Waals surface area contributed by atoms with Crippen molar-refractivity contribution in [2.24, 2.45) is 0 Å². The molecule has 4 heteroatoms. The van der Waals surface area contributed by atoms with E-state index in [1.807, 2.05) is 42.5 Å². The van der Waals surface area contributed by atoms with Crippen LogP contribution < -0.4 is 19.5 Å². The minimum Gasteiger partial charge on any atom is -0.496 e. The second kappa shape index (κ2) is 8.91. The SMILES string of the molecule is COc1ccc(OC)c2c1CC[C@@H](Nc1ccc(OCc3ccccc3)cc1)C2. The Bertz CT molecular complexity index is 938. The Morgan fingerprint density at radius 3 is 2.21 bits per heavy atom. The average molecular weight is 389 g/mol. The van der Waals surface area contributed by atoms with Crippen LogP contribution in [0.1, 0.15) is 23.1 Å². The molecule has 29 heavy (non-hydrogen) atoms. The number of methoxy groups -OCH3 is 2. The van der Waals surface area contributed by atoms with Crippen LogP contribution in [0.4, 0.5) is 5.69 Å². The molecule has 0 aliphatic heterocycles. The summed E-state index contributed by atoms with van der Waals surface area (Å²) in [4.78, 5) is 0. The standard InChI is InChI=1S/C25H27NO3/c1-27-24-14-15-25(28-2)23-16-20(10-13-22(23)24)26-19-8-11-21(12-9-19)29-17-18-6-4-3-5-7-18/h3-9,11-12,14-15,20,26H,10,13,16-17H2,1-2H3/t20-/m1/s1. The lowest BCUT2D eigenvalue weighted by atomic mass is 9.86. The molecule has 0 saturated heterocycles. The molecule has 3 aromatic carbocycles. The van der Waals surface area contributed by atoms with Gasteiger partial charge in [-0.3, -0.25) is 0 Å². The molecule has 1 N–H and O–H groups in total. The fourth-order valence-corrected chi connectivity index (χ4v) is 3.94. The quantitative estimate of drug-likeness (QED) is 0.599. The van der Waals surface area contributed by atoms with Crippen molar-refractivity contribution in [2.75, 3.05) is 19.5 Å². The first-order valence-electron chi connectivity index (χ1n) is 10.0. The Morgan fingerprint density at radius 1 is 0.828 bits per heavy atom. The zero-order valence-corrected chi connectivity index (χ0v) is 17.0. The van der Waals surface area contributed by atoms with Crippen molar-refractivity contribution in [3.05, 3.63) is 83.4 Å². The molecule has 3 aromatic rings. The number of fused-ring (bicyclic) bond motifs is 1. The number of ether oxygens (including phenoxy) is 3. The van der Waals surface area contributed by atoms with Crippen LogP contribution >= 0.6 is 0 Å². The second-order valence-corrected chi connectivity index (χ2v) is 7.31. The van der Waals surface area contributed by atoms with E-state index in [9.17, 15) is 0 Å². The van der Waals surface area contributed by atoms with Gasteiger partial charge in [-0.15, -0.1) is 0 Å². The summed E-state index contributed by atoms with van der Waals surface area (Å²) in [7, 11) is 3.46. The summed E-state index contributed by atoms with van der Waals surface area (Å²) in [5.74, 6) is 2.77. The highest BCUT2D eigenvalue weighted by atomic mass is 16.5. The number of rotatable bonds is 7. The molecule has 4 rings (SSSR count).